The Morgan fingerprint density at radius 1 is 1.32 bits per heavy atom. The number of carbonyl (C=O) groups excluding carboxylic acids is 1. The quantitative estimate of drug-likeness (QED) is 0.620. The number of nitrogens with two attached hydrogens (primary N) is 1. The van der Waals surface area contributed by atoms with Crippen molar-refractivity contribution in [1.82, 2.24) is 4.90 Å². The van der Waals surface area contributed by atoms with Gasteiger partial charge in [0.05, 0.1) is 24.0 Å². The molecule has 1 heterocycles. The van der Waals surface area contributed by atoms with Gasteiger partial charge in [0.15, 0.2) is 9.84 Å². The van der Waals surface area contributed by atoms with Gasteiger partial charge in [-0.05, 0) is 19.4 Å². The molecule has 1 saturated heterocycles. The van der Waals surface area contributed by atoms with Crippen LogP contribution in [-0.2, 0) is 19.4 Å². The highest BCUT2D eigenvalue weighted by Crippen LogP contribution is 2.17. The fourth-order valence-electron chi connectivity index (χ4n) is 2.15. The highest BCUT2D eigenvalue weighted by Gasteiger charge is 2.34. The molecule has 1 aliphatic heterocycles. The standard InChI is InChI=1S/C11H20N2O5S/c12-4-2-1-3-10(14)13-5-6-19(17,18)8-9(13)7-11(15)16/h9H,1-8,12H2,(H,15,16). The SMILES string of the molecule is NCCCCC(=O)N1CCS(=O)(=O)CC1CC(=O)O. The van der Waals surface area contributed by atoms with E-state index in [9.17, 15) is 18.0 Å². The third-order valence-corrected chi connectivity index (χ3v) is 4.80. The molecule has 7 nitrogen and oxygen atoms in total. The fraction of sp³-hybridized carbons (Fsp3) is 0.818. The van der Waals surface area contributed by atoms with Gasteiger partial charge in [-0.2, -0.15) is 0 Å². The second-order valence-electron chi connectivity index (χ2n) is 4.70. The molecular formula is C11H20N2O5S. The Balaban J connectivity index is 2.67. The van der Waals surface area contributed by atoms with E-state index in [4.69, 9.17) is 10.8 Å². The number of hydrogen-bond donors (Lipinski definition) is 2. The van der Waals surface area contributed by atoms with E-state index in [1.807, 2.05) is 0 Å². The first-order valence-corrected chi connectivity index (χ1v) is 8.09. The number of amides is 1. The molecule has 0 bridgehead atoms. The molecule has 1 atom stereocenters. The largest absolute Gasteiger partial charge is 0.481 e. The minimum atomic E-state index is -3.25. The molecular weight excluding hydrogens is 272 g/mol. The fourth-order valence-corrected chi connectivity index (χ4v) is 3.68. The maximum atomic E-state index is 12.0. The summed E-state index contributed by atoms with van der Waals surface area (Å²) in [4.78, 5) is 24.1. The van der Waals surface area contributed by atoms with Crippen molar-refractivity contribution in [2.75, 3.05) is 24.6 Å². The van der Waals surface area contributed by atoms with Crippen LogP contribution in [0.2, 0.25) is 0 Å². The van der Waals surface area contributed by atoms with Gasteiger partial charge < -0.3 is 15.7 Å². The van der Waals surface area contributed by atoms with E-state index in [-0.39, 0.29) is 36.8 Å². The normalized spacial score (nSPS) is 22.2. The summed E-state index contributed by atoms with van der Waals surface area (Å²) in [6.07, 6.45) is 1.31. The Hall–Kier alpha value is -1.15. The number of unbranched alkanes of at least 4 members (excludes halogenated alkanes) is 1. The van der Waals surface area contributed by atoms with E-state index in [1.165, 1.54) is 4.90 Å². The van der Waals surface area contributed by atoms with Gasteiger partial charge in [-0.1, -0.05) is 0 Å². The van der Waals surface area contributed by atoms with Crippen molar-refractivity contribution in [2.24, 2.45) is 5.73 Å². The van der Waals surface area contributed by atoms with E-state index in [0.29, 0.717) is 13.0 Å². The van der Waals surface area contributed by atoms with Crippen LogP contribution in [0.3, 0.4) is 0 Å². The van der Waals surface area contributed by atoms with Gasteiger partial charge in [0, 0.05) is 13.0 Å². The Morgan fingerprint density at radius 3 is 2.58 bits per heavy atom. The van der Waals surface area contributed by atoms with Crippen LogP contribution in [0.4, 0.5) is 0 Å². The molecule has 110 valence electrons. The molecule has 19 heavy (non-hydrogen) atoms. The summed E-state index contributed by atoms with van der Waals surface area (Å²) < 4.78 is 23.0. The molecule has 1 fully saturated rings. The van der Waals surface area contributed by atoms with Gasteiger partial charge in [-0.25, -0.2) is 8.42 Å². The predicted molar refractivity (Wildman–Crippen MR) is 69.3 cm³/mol. The van der Waals surface area contributed by atoms with Crippen LogP contribution in [0.25, 0.3) is 0 Å². The molecule has 1 aliphatic rings. The van der Waals surface area contributed by atoms with Crippen LogP contribution in [0.15, 0.2) is 0 Å². The molecule has 0 spiro atoms. The number of aliphatic carboxylic acids is 1. The van der Waals surface area contributed by atoms with Gasteiger partial charge in [0.1, 0.15) is 0 Å². The number of hydrogen-bond acceptors (Lipinski definition) is 5. The third-order valence-electron chi connectivity index (χ3n) is 3.11. The van der Waals surface area contributed by atoms with Crippen molar-refractivity contribution >= 4 is 21.7 Å². The molecule has 0 aromatic rings. The Labute approximate surface area is 112 Å². The van der Waals surface area contributed by atoms with Crippen LogP contribution in [-0.4, -0.2) is 60.9 Å². The van der Waals surface area contributed by atoms with Crippen LogP contribution >= 0.6 is 0 Å². The number of sulfone groups is 1. The summed E-state index contributed by atoms with van der Waals surface area (Å²) in [5, 5.41) is 8.80. The molecule has 1 amide bonds. The number of carboxylic acids is 1. The minimum absolute atomic E-state index is 0.0851. The smallest absolute Gasteiger partial charge is 0.305 e. The van der Waals surface area contributed by atoms with Crippen LogP contribution in [0.5, 0.6) is 0 Å². The van der Waals surface area contributed by atoms with Crippen molar-refractivity contribution < 1.29 is 23.1 Å². The molecule has 0 saturated carbocycles. The Kier molecular flexibility index (Phi) is 5.74. The first-order chi connectivity index (χ1) is 8.85. The Morgan fingerprint density at radius 2 is 2.00 bits per heavy atom. The highest BCUT2D eigenvalue weighted by atomic mass is 32.2. The van der Waals surface area contributed by atoms with Crippen LogP contribution in [0.1, 0.15) is 25.7 Å². The zero-order valence-electron chi connectivity index (χ0n) is 10.7. The molecule has 8 heteroatoms. The van der Waals surface area contributed by atoms with E-state index in [2.05, 4.69) is 0 Å². The van der Waals surface area contributed by atoms with Crippen molar-refractivity contribution in [3.8, 4) is 0 Å². The van der Waals surface area contributed by atoms with Gasteiger partial charge in [-0.15, -0.1) is 0 Å². The molecule has 1 rings (SSSR count). The lowest BCUT2D eigenvalue weighted by Crippen LogP contribution is -2.51. The number of nitrogens with zero attached hydrogens (tertiary/aromatic N) is 1. The van der Waals surface area contributed by atoms with Gasteiger partial charge >= 0.3 is 5.97 Å². The summed E-state index contributed by atoms with van der Waals surface area (Å²) >= 11 is 0. The molecule has 3 N–H and O–H groups in total. The van der Waals surface area contributed by atoms with Crippen molar-refractivity contribution in [2.45, 2.75) is 31.7 Å². The van der Waals surface area contributed by atoms with E-state index in [0.717, 1.165) is 6.42 Å². The van der Waals surface area contributed by atoms with Gasteiger partial charge in [0.2, 0.25) is 5.91 Å². The summed E-state index contributed by atoms with van der Waals surface area (Å²) in [7, 11) is -3.25. The maximum Gasteiger partial charge on any atom is 0.305 e. The van der Waals surface area contributed by atoms with Gasteiger partial charge in [-0.3, -0.25) is 9.59 Å². The minimum Gasteiger partial charge on any atom is -0.481 e. The van der Waals surface area contributed by atoms with Crippen molar-refractivity contribution in [1.29, 1.82) is 0 Å². The average molecular weight is 292 g/mol. The summed E-state index contributed by atoms with van der Waals surface area (Å²) in [6, 6.07) is -0.748. The lowest BCUT2D eigenvalue weighted by molar-refractivity contribution is -0.140. The summed E-state index contributed by atoms with van der Waals surface area (Å²) in [5.74, 6) is -1.63. The lowest BCUT2D eigenvalue weighted by Gasteiger charge is -2.34. The predicted octanol–water partition coefficient (Wildman–Crippen LogP) is -0.784. The van der Waals surface area contributed by atoms with E-state index < -0.39 is 21.8 Å². The Bertz CT molecular complexity index is 434. The maximum absolute atomic E-state index is 12.0. The number of carbonyl (C=O) groups is 2. The zero-order chi connectivity index (χ0) is 14.5. The van der Waals surface area contributed by atoms with Crippen molar-refractivity contribution in [3.05, 3.63) is 0 Å². The summed E-state index contributed by atoms with van der Waals surface area (Å²) in [6.45, 7) is 0.585. The average Bonchev–Trinajstić information content (AvgIpc) is 2.27. The van der Waals surface area contributed by atoms with Crippen molar-refractivity contribution in [3.63, 3.8) is 0 Å². The first kappa shape index (κ1) is 15.9. The van der Waals surface area contributed by atoms with Crippen LogP contribution < -0.4 is 5.73 Å². The molecule has 0 radical (unpaired) electrons. The first-order valence-electron chi connectivity index (χ1n) is 6.27. The number of rotatable bonds is 6. The third kappa shape index (κ3) is 5.15. The second-order valence-corrected chi connectivity index (χ2v) is 6.93. The second kappa shape index (κ2) is 6.85. The number of carboxylic acid groups (broad SMARTS) is 1. The topological polar surface area (TPSA) is 118 Å². The van der Waals surface area contributed by atoms with E-state index >= 15 is 0 Å². The highest BCUT2D eigenvalue weighted by molar-refractivity contribution is 7.91. The molecule has 0 aromatic carbocycles. The van der Waals surface area contributed by atoms with E-state index in [1.54, 1.807) is 0 Å². The van der Waals surface area contributed by atoms with Gasteiger partial charge in [0.25, 0.3) is 0 Å². The summed E-state index contributed by atoms with van der Waals surface area (Å²) in [5.41, 5.74) is 5.34. The molecule has 0 aliphatic carbocycles. The molecule has 1 unspecified atom stereocenters. The monoisotopic (exact) mass is 292 g/mol. The lowest BCUT2D eigenvalue weighted by atomic mass is 10.1. The van der Waals surface area contributed by atoms with Crippen LogP contribution in [0, 0.1) is 0 Å². The zero-order valence-corrected chi connectivity index (χ0v) is 11.6. The molecule has 0 aromatic heterocycles.